The number of aliphatic hydroxyl groups excluding tert-OH is 1. The van der Waals surface area contributed by atoms with Crippen LogP contribution >= 0.6 is 15.9 Å². The molecule has 1 atom stereocenters. The van der Waals surface area contributed by atoms with Gasteiger partial charge in [-0.3, -0.25) is 0 Å². The van der Waals surface area contributed by atoms with Crippen molar-refractivity contribution in [1.29, 1.82) is 0 Å². The molecular weight excluding hydrogens is 302 g/mol. The quantitative estimate of drug-likeness (QED) is 0.799. The third kappa shape index (κ3) is 2.21. The highest BCUT2D eigenvalue weighted by Crippen LogP contribution is 2.51. The first kappa shape index (κ1) is 13.9. The van der Waals surface area contributed by atoms with Gasteiger partial charge in [0.2, 0.25) is 0 Å². The molecule has 18 heavy (non-hydrogen) atoms. The van der Waals surface area contributed by atoms with E-state index in [9.17, 15) is 13.9 Å². The number of hydrogen-bond acceptors (Lipinski definition) is 1. The van der Waals surface area contributed by atoms with E-state index in [0.717, 1.165) is 32.1 Å². The highest BCUT2D eigenvalue weighted by molar-refractivity contribution is 9.10. The molecule has 1 saturated carbocycles. The van der Waals surface area contributed by atoms with Gasteiger partial charge < -0.3 is 5.11 Å². The second-order valence-electron chi connectivity index (χ2n) is 5.08. The minimum atomic E-state index is -1.07. The summed E-state index contributed by atoms with van der Waals surface area (Å²) in [5.74, 6) is -1.34. The van der Waals surface area contributed by atoms with Crippen molar-refractivity contribution in [3.05, 3.63) is 33.8 Å². The molecule has 0 amide bonds. The Kier molecular flexibility index (Phi) is 4.07. The lowest BCUT2D eigenvalue weighted by Gasteiger charge is -2.34. The van der Waals surface area contributed by atoms with Gasteiger partial charge in [0, 0.05) is 5.41 Å². The van der Waals surface area contributed by atoms with E-state index in [2.05, 4.69) is 15.9 Å². The molecule has 1 fully saturated rings. The predicted octanol–water partition coefficient (Wildman–Crippen LogP) is 4.73. The molecule has 0 aromatic heterocycles. The van der Waals surface area contributed by atoms with E-state index in [0.29, 0.717) is 0 Å². The average molecular weight is 319 g/mol. The van der Waals surface area contributed by atoms with Gasteiger partial charge in [-0.1, -0.05) is 19.8 Å². The number of hydrogen-bond donors (Lipinski definition) is 1. The van der Waals surface area contributed by atoms with Crippen molar-refractivity contribution in [2.75, 3.05) is 0 Å². The molecule has 1 nitrogen and oxygen atoms in total. The lowest BCUT2D eigenvalue weighted by atomic mass is 9.75. The van der Waals surface area contributed by atoms with Crippen LogP contribution in [0.15, 0.2) is 16.6 Å². The molecule has 4 heteroatoms. The highest BCUT2D eigenvalue weighted by atomic mass is 79.9. The van der Waals surface area contributed by atoms with Crippen molar-refractivity contribution in [2.24, 2.45) is 5.41 Å². The predicted molar refractivity (Wildman–Crippen MR) is 70.2 cm³/mol. The number of aliphatic hydroxyl groups is 1. The molecule has 1 aliphatic carbocycles. The van der Waals surface area contributed by atoms with Crippen LogP contribution in [-0.2, 0) is 0 Å². The van der Waals surface area contributed by atoms with Crippen molar-refractivity contribution in [3.8, 4) is 0 Å². The van der Waals surface area contributed by atoms with Crippen molar-refractivity contribution >= 4 is 15.9 Å². The van der Waals surface area contributed by atoms with E-state index in [1.54, 1.807) is 0 Å². The van der Waals surface area contributed by atoms with Crippen LogP contribution in [0.5, 0.6) is 0 Å². The van der Waals surface area contributed by atoms with E-state index in [-0.39, 0.29) is 15.5 Å². The molecule has 0 radical (unpaired) electrons. The summed E-state index contributed by atoms with van der Waals surface area (Å²) >= 11 is 3.04. The Labute approximate surface area is 114 Å². The molecular formula is C14H17BrF2O. The lowest BCUT2D eigenvalue weighted by Crippen LogP contribution is -2.26. The van der Waals surface area contributed by atoms with Crippen LogP contribution in [0, 0.1) is 17.0 Å². The zero-order chi connectivity index (χ0) is 13.3. The number of halogens is 3. The van der Waals surface area contributed by atoms with E-state index in [1.165, 1.54) is 12.1 Å². The van der Waals surface area contributed by atoms with Crippen LogP contribution in [0.25, 0.3) is 0 Å². The van der Waals surface area contributed by atoms with Gasteiger partial charge in [-0.25, -0.2) is 8.78 Å². The Morgan fingerprint density at radius 3 is 2.50 bits per heavy atom. The molecule has 2 rings (SSSR count). The summed E-state index contributed by atoms with van der Waals surface area (Å²) < 4.78 is 28.0. The first-order valence-corrected chi connectivity index (χ1v) is 7.12. The van der Waals surface area contributed by atoms with Crippen LogP contribution in [0.3, 0.4) is 0 Å². The molecule has 1 aromatic rings. The smallest absolute Gasteiger partial charge is 0.146 e. The van der Waals surface area contributed by atoms with Crippen LogP contribution in [0.1, 0.15) is 50.7 Å². The monoisotopic (exact) mass is 318 g/mol. The number of rotatable bonds is 3. The van der Waals surface area contributed by atoms with Gasteiger partial charge in [0.15, 0.2) is 0 Å². The summed E-state index contributed by atoms with van der Waals surface area (Å²) in [7, 11) is 0. The minimum Gasteiger partial charge on any atom is -0.388 e. The Bertz CT molecular complexity index is 442. The minimum absolute atomic E-state index is 0.187. The number of benzene rings is 1. The molecule has 0 heterocycles. The second kappa shape index (κ2) is 5.25. The van der Waals surface area contributed by atoms with Gasteiger partial charge in [-0.05, 0) is 47.3 Å². The maximum Gasteiger partial charge on any atom is 0.146 e. The average Bonchev–Trinajstić information content (AvgIpc) is 2.84. The summed E-state index contributed by atoms with van der Waals surface area (Å²) in [4.78, 5) is 0. The Hall–Kier alpha value is -0.480. The third-order valence-corrected chi connectivity index (χ3v) is 4.85. The zero-order valence-corrected chi connectivity index (χ0v) is 11.9. The molecule has 1 unspecified atom stereocenters. The molecule has 0 aliphatic heterocycles. The Balaban J connectivity index is 2.45. The normalized spacial score (nSPS) is 20.1. The molecule has 0 bridgehead atoms. The van der Waals surface area contributed by atoms with Crippen LogP contribution in [0.2, 0.25) is 0 Å². The molecule has 100 valence electrons. The SMILES string of the molecule is CCC1(C(O)c2c(F)ccc(Br)c2F)CCCC1. The topological polar surface area (TPSA) is 20.2 Å². The van der Waals surface area contributed by atoms with Crippen LogP contribution in [-0.4, -0.2) is 5.11 Å². The maximum atomic E-state index is 14.0. The van der Waals surface area contributed by atoms with E-state index in [4.69, 9.17) is 0 Å². The van der Waals surface area contributed by atoms with E-state index >= 15 is 0 Å². The van der Waals surface area contributed by atoms with Crippen LogP contribution < -0.4 is 0 Å². The first-order chi connectivity index (χ1) is 8.52. The van der Waals surface area contributed by atoms with Crippen molar-refractivity contribution < 1.29 is 13.9 Å². The van der Waals surface area contributed by atoms with Crippen molar-refractivity contribution in [2.45, 2.75) is 45.1 Å². The summed E-state index contributed by atoms with van der Waals surface area (Å²) in [5, 5.41) is 10.5. The fourth-order valence-corrected chi connectivity index (χ4v) is 3.34. The van der Waals surface area contributed by atoms with Gasteiger partial charge in [0.1, 0.15) is 11.6 Å². The summed E-state index contributed by atoms with van der Waals surface area (Å²) in [6, 6.07) is 2.53. The highest BCUT2D eigenvalue weighted by Gasteiger charge is 2.42. The lowest BCUT2D eigenvalue weighted by molar-refractivity contribution is 0.0182. The third-order valence-electron chi connectivity index (χ3n) is 4.24. The molecule has 0 saturated heterocycles. The van der Waals surface area contributed by atoms with Crippen molar-refractivity contribution in [3.63, 3.8) is 0 Å². The van der Waals surface area contributed by atoms with Gasteiger partial charge in [0.05, 0.1) is 16.1 Å². The van der Waals surface area contributed by atoms with Gasteiger partial charge in [-0.2, -0.15) is 0 Å². The van der Waals surface area contributed by atoms with Crippen LogP contribution in [0.4, 0.5) is 8.78 Å². The molecule has 1 aliphatic rings. The van der Waals surface area contributed by atoms with Gasteiger partial charge >= 0.3 is 0 Å². The molecule has 0 spiro atoms. The standard InChI is InChI=1S/C14H17BrF2O/c1-2-14(7-3-4-8-14)13(18)11-10(16)6-5-9(15)12(11)17/h5-6,13,18H,2-4,7-8H2,1H3. The Morgan fingerprint density at radius 2 is 1.94 bits per heavy atom. The summed E-state index contributed by atoms with van der Waals surface area (Å²) in [6.45, 7) is 1.97. The largest absolute Gasteiger partial charge is 0.388 e. The maximum absolute atomic E-state index is 14.0. The van der Waals surface area contributed by atoms with Gasteiger partial charge in [0.25, 0.3) is 0 Å². The van der Waals surface area contributed by atoms with Gasteiger partial charge in [-0.15, -0.1) is 0 Å². The van der Waals surface area contributed by atoms with E-state index < -0.39 is 17.7 Å². The molecule has 1 aromatic carbocycles. The fourth-order valence-electron chi connectivity index (χ4n) is 3.00. The zero-order valence-electron chi connectivity index (χ0n) is 10.3. The Morgan fingerprint density at radius 1 is 1.33 bits per heavy atom. The van der Waals surface area contributed by atoms with Crippen molar-refractivity contribution in [1.82, 2.24) is 0 Å². The fraction of sp³-hybridized carbons (Fsp3) is 0.571. The first-order valence-electron chi connectivity index (χ1n) is 6.33. The summed E-state index contributed by atoms with van der Waals surface area (Å²) in [6.07, 6.45) is 3.36. The second-order valence-corrected chi connectivity index (χ2v) is 5.94. The summed E-state index contributed by atoms with van der Waals surface area (Å²) in [5.41, 5.74) is -0.559. The van der Waals surface area contributed by atoms with E-state index in [1.807, 2.05) is 6.92 Å². The molecule has 1 N–H and O–H groups in total.